The Morgan fingerprint density at radius 3 is 2.66 bits per heavy atom. The maximum atomic E-state index is 12.2. The number of fused-ring (bicyclic) bond motifs is 1. The first-order chi connectivity index (χ1) is 14.0. The van der Waals surface area contributed by atoms with E-state index in [1.165, 1.54) is 11.8 Å². The Morgan fingerprint density at radius 1 is 1.14 bits per heavy atom. The van der Waals surface area contributed by atoms with Crippen LogP contribution in [0.25, 0.3) is 10.9 Å². The van der Waals surface area contributed by atoms with Crippen molar-refractivity contribution in [1.82, 2.24) is 10.4 Å². The van der Waals surface area contributed by atoms with Crippen molar-refractivity contribution in [2.45, 2.75) is 11.8 Å². The van der Waals surface area contributed by atoms with Gasteiger partial charge in [-0.25, -0.2) is 5.43 Å². The van der Waals surface area contributed by atoms with E-state index in [0.717, 1.165) is 21.4 Å². The third kappa shape index (κ3) is 5.79. The second kappa shape index (κ2) is 9.70. The minimum absolute atomic E-state index is 0.211. The molecule has 1 N–H and O–H groups in total. The van der Waals surface area contributed by atoms with Gasteiger partial charge in [0.25, 0.3) is 0 Å². The van der Waals surface area contributed by atoms with Crippen LogP contribution in [0.3, 0.4) is 0 Å². The zero-order valence-corrected chi connectivity index (χ0v) is 16.4. The molecule has 0 spiro atoms. The van der Waals surface area contributed by atoms with Crippen molar-refractivity contribution in [1.29, 1.82) is 0 Å². The zero-order chi connectivity index (χ0) is 20.6. The van der Waals surface area contributed by atoms with Crippen molar-refractivity contribution in [3.8, 4) is 5.75 Å². The molecule has 0 saturated heterocycles. The summed E-state index contributed by atoms with van der Waals surface area (Å²) in [7, 11) is 0. The molecule has 0 aliphatic heterocycles. The molecule has 1 heterocycles. The molecule has 3 rings (SSSR count). The number of aliphatic carboxylic acids is 1. The lowest BCUT2D eigenvalue weighted by atomic mass is 10.1. The fourth-order valence-electron chi connectivity index (χ4n) is 2.51. The number of carbonyl (C=O) groups excluding carboxylic acids is 2. The maximum Gasteiger partial charge on any atom is 0.250 e. The largest absolute Gasteiger partial charge is 0.546 e. The molecule has 0 unspecified atom stereocenters. The molecule has 0 fully saturated rings. The van der Waals surface area contributed by atoms with Gasteiger partial charge in [-0.2, -0.15) is 5.10 Å². The normalized spacial score (nSPS) is 11.3. The van der Waals surface area contributed by atoms with Gasteiger partial charge in [0.15, 0.2) is 0 Å². The number of nitrogens with zero attached hydrogens (tertiary/aromatic N) is 2. The number of rotatable bonds is 8. The van der Waals surface area contributed by atoms with E-state index in [2.05, 4.69) is 15.5 Å². The Bertz CT molecular complexity index is 1050. The van der Waals surface area contributed by atoms with Gasteiger partial charge in [0.1, 0.15) is 12.4 Å². The average Bonchev–Trinajstić information content (AvgIpc) is 2.74. The summed E-state index contributed by atoms with van der Waals surface area (Å²) in [6.07, 6.45) is 1.73. The van der Waals surface area contributed by atoms with Crippen LogP contribution in [0.15, 0.2) is 70.8 Å². The highest BCUT2D eigenvalue weighted by Gasteiger charge is 2.07. The summed E-state index contributed by atoms with van der Waals surface area (Å²) in [6, 6.07) is 16.4. The second-order valence-electron chi connectivity index (χ2n) is 6.04. The number of ether oxygens (including phenoxy) is 1. The zero-order valence-electron chi connectivity index (χ0n) is 15.6. The van der Waals surface area contributed by atoms with Crippen LogP contribution in [-0.2, 0) is 9.59 Å². The Kier molecular flexibility index (Phi) is 6.80. The monoisotopic (exact) mass is 408 g/mol. The number of para-hydroxylation sites is 1. The quantitative estimate of drug-likeness (QED) is 0.347. The molecule has 0 radical (unpaired) electrons. The summed E-state index contributed by atoms with van der Waals surface area (Å²) in [6.45, 7) is 1.26. The van der Waals surface area contributed by atoms with E-state index in [9.17, 15) is 14.7 Å². The number of carbonyl (C=O) groups is 2. The van der Waals surface area contributed by atoms with Crippen LogP contribution in [0.4, 0.5) is 0 Å². The molecule has 0 aliphatic carbocycles. The number of thioether (sulfide) groups is 1. The van der Waals surface area contributed by atoms with Crippen LogP contribution >= 0.6 is 11.8 Å². The van der Waals surface area contributed by atoms with E-state index in [1.807, 2.05) is 30.3 Å². The fourth-order valence-corrected chi connectivity index (χ4v) is 3.35. The van der Waals surface area contributed by atoms with Gasteiger partial charge in [-0.05, 0) is 48.9 Å². The molecule has 29 heavy (non-hydrogen) atoms. The summed E-state index contributed by atoms with van der Waals surface area (Å²) in [5.74, 6) is -0.889. The number of carboxylic acids is 1. The molecule has 3 aromatic rings. The lowest BCUT2D eigenvalue weighted by Gasteiger charge is -2.08. The van der Waals surface area contributed by atoms with E-state index in [1.54, 1.807) is 37.4 Å². The molecule has 0 aliphatic rings. The van der Waals surface area contributed by atoms with E-state index in [-0.39, 0.29) is 11.7 Å². The fraction of sp³-hybridized carbons (Fsp3) is 0.143. The summed E-state index contributed by atoms with van der Waals surface area (Å²) in [4.78, 5) is 27.9. The molecular weight excluding hydrogens is 390 g/mol. The van der Waals surface area contributed by atoms with Gasteiger partial charge in [0.2, 0.25) is 5.91 Å². The molecule has 2 aromatic carbocycles. The lowest BCUT2D eigenvalue weighted by Crippen LogP contribution is -2.28. The molecule has 148 valence electrons. The van der Waals surface area contributed by atoms with Gasteiger partial charge < -0.3 is 14.6 Å². The molecule has 1 aromatic heterocycles. The van der Waals surface area contributed by atoms with Crippen LogP contribution in [0.2, 0.25) is 0 Å². The van der Waals surface area contributed by atoms with Gasteiger partial charge in [-0.1, -0.05) is 18.2 Å². The van der Waals surface area contributed by atoms with Crippen LogP contribution in [0, 0.1) is 0 Å². The van der Waals surface area contributed by atoms with Crippen LogP contribution in [0.1, 0.15) is 12.5 Å². The Labute approximate surface area is 171 Å². The second-order valence-corrected chi connectivity index (χ2v) is 7.05. The predicted molar refractivity (Wildman–Crippen MR) is 110 cm³/mol. The highest BCUT2D eigenvalue weighted by Crippen LogP contribution is 2.25. The number of pyridine rings is 1. The Balaban J connectivity index is 1.55. The average molecular weight is 408 g/mol. The number of amides is 1. The number of hydrogen-bond donors (Lipinski definition) is 1. The van der Waals surface area contributed by atoms with Gasteiger partial charge in [-0.15, -0.1) is 11.8 Å². The lowest BCUT2D eigenvalue weighted by molar-refractivity contribution is -0.307. The highest BCUT2D eigenvalue weighted by atomic mass is 32.2. The maximum absolute atomic E-state index is 12.2. The summed E-state index contributed by atoms with van der Waals surface area (Å²) in [5.41, 5.74) is 4.80. The standard InChI is InChI=1S/C21H19N3O4S/c1-14(15-7-9-17(10-8-15)28-12-20(26)27)23-24-19(25)13-29-18-6-2-4-16-5-3-11-22-21(16)18/h2-11H,12-13H2,1H3,(H,24,25)(H,26,27)/p-1/b23-14-. The van der Waals surface area contributed by atoms with Crippen molar-refractivity contribution in [3.63, 3.8) is 0 Å². The van der Waals surface area contributed by atoms with Crippen molar-refractivity contribution < 1.29 is 19.4 Å². The summed E-state index contributed by atoms with van der Waals surface area (Å²) in [5, 5.41) is 15.5. The summed E-state index contributed by atoms with van der Waals surface area (Å²) < 4.78 is 5.03. The predicted octanol–water partition coefficient (Wildman–Crippen LogP) is 2.00. The third-order valence-corrected chi connectivity index (χ3v) is 4.98. The molecule has 0 saturated carbocycles. The van der Waals surface area contributed by atoms with E-state index in [0.29, 0.717) is 11.5 Å². The molecule has 1 amide bonds. The van der Waals surface area contributed by atoms with Crippen LogP contribution in [-0.4, -0.2) is 34.9 Å². The SMILES string of the molecule is C/C(=N/NC(=O)CSc1cccc2cccnc12)c1ccc(OCC(=O)[O-])cc1. The van der Waals surface area contributed by atoms with Crippen molar-refractivity contribution >= 4 is 40.3 Å². The van der Waals surface area contributed by atoms with Crippen molar-refractivity contribution in [2.75, 3.05) is 12.4 Å². The number of benzene rings is 2. The Hall–Kier alpha value is -3.39. The molecule has 0 atom stereocenters. The third-order valence-electron chi connectivity index (χ3n) is 3.93. The number of aromatic nitrogens is 1. The Morgan fingerprint density at radius 2 is 1.90 bits per heavy atom. The first-order valence-corrected chi connectivity index (χ1v) is 9.74. The minimum Gasteiger partial charge on any atom is -0.546 e. The van der Waals surface area contributed by atoms with E-state index in [4.69, 9.17) is 4.74 Å². The van der Waals surface area contributed by atoms with Gasteiger partial charge >= 0.3 is 0 Å². The number of nitrogens with one attached hydrogen (secondary N) is 1. The highest BCUT2D eigenvalue weighted by molar-refractivity contribution is 8.00. The molecular formula is C21H18N3O4S-. The molecule has 8 heteroatoms. The van der Waals surface area contributed by atoms with E-state index < -0.39 is 12.6 Å². The van der Waals surface area contributed by atoms with Crippen molar-refractivity contribution in [2.24, 2.45) is 5.10 Å². The van der Waals surface area contributed by atoms with Crippen LogP contribution < -0.4 is 15.3 Å². The first-order valence-electron chi connectivity index (χ1n) is 8.75. The number of hydrazone groups is 1. The number of carboxylic acid groups (broad SMARTS) is 1. The minimum atomic E-state index is -1.29. The smallest absolute Gasteiger partial charge is 0.250 e. The topological polar surface area (TPSA) is 104 Å². The van der Waals surface area contributed by atoms with Crippen molar-refractivity contribution in [3.05, 3.63) is 66.4 Å². The van der Waals surface area contributed by atoms with E-state index >= 15 is 0 Å². The number of hydrogen-bond acceptors (Lipinski definition) is 7. The van der Waals surface area contributed by atoms with Gasteiger partial charge in [0, 0.05) is 16.5 Å². The first kappa shape index (κ1) is 20.3. The molecule has 7 nitrogen and oxygen atoms in total. The van der Waals surface area contributed by atoms with Crippen LogP contribution in [0.5, 0.6) is 5.75 Å². The molecule has 0 bridgehead atoms. The van der Waals surface area contributed by atoms with Gasteiger partial charge in [0.05, 0.1) is 23.0 Å². The summed E-state index contributed by atoms with van der Waals surface area (Å²) >= 11 is 1.40. The van der Waals surface area contributed by atoms with Gasteiger partial charge in [-0.3, -0.25) is 9.78 Å².